The number of nitrogens with zero attached hydrogens (tertiary/aromatic N) is 4. The molecule has 5 heterocycles. The smallest absolute Gasteiger partial charge is 0.378 e. The van der Waals surface area contributed by atoms with Crippen molar-refractivity contribution in [3.63, 3.8) is 0 Å². The van der Waals surface area contributed by atoms with Crippen molar-refractivity contribution in [2.75, 3.05) is 26.3 Å². The highest BCUT2D eigenvalue weighted by Gasteiger charge is 2.72. The number of fused-ring (bicyclic) bond motifs is 2. The molecular weight excluding hydrogens is 569 g/mol. The number of morpholine rings is 1. The van der Waals surface area contributed by atoms with Gasteiger partial charge in [0.1, 0.15) is 5.69 Å². The molecule has 0 bridgehead atoms. The van der Waals surface area contributed by atoms with E-state index in [0.29, 0.717) is 47.0 Å². The molecule has 8 nitrogen and oxygen atoms in total. The summed E-state index contributed by atoms with van der Waals surface area (Å²) in [5.41, 5.74) is -0.402. The Bertz CT molecular complexity index is 1530. The van der Waals surface area contributed by atoms with Crippen molar-refractivity contribution in [2.45, 2.75) is 33.5 Å². The number of aromatic nitrogens is 2. The average molecular weight is 595 g/mol. The first-order valence-corrected chi connectivity index (χ1v) is 13.4. The van der Waals surface area contributed by atoms with E-state index in [2.05, 4.69) is 9.97 Å². The van der Waals surface area contributed by atoms with E-state index in [1.807, 2.05) is 13.8 Å². The lowest BCUT2D eigenvalue weighted by atomic mass is 9.99. The van der Waals surface area contributed by atoms with Crippen LogP contribution in [0.3, 0.4) is 0 Å². The van der Waals surface area contributed by atoms with Crippen LogP contribution in [-0.4, -0.2) is 63.8 Å². The Hall–Kier alpha value is -3.09. The van der Waals surface area contributed by atoms with E-state index in [1.165, 1.54) is 29.4 Å². The molecule has 0 spiro atoms. The third-order valence-corrected chi connectivity index (χ3v) is 9.09. The van der Waals surface area contributed by atoms with Gasteiger partial charge in [0, 0.05) is 29.7 Å². The maximum Gasteiger partial charge on any atom is 0.433 e. The van der Waals surface area contributed by atoms with Gasteiger partial charge in [-0.1, -0.05) is 13.8 Å². The molecular formula is C27H26ClF3N4O4S. The molecule has 40 heavy (non-hydrogen) atoms. The standard InChI is InChI=1S/C27H25F3N4O4S.ClH/c1-13-10-17(27(28,29)30)32-21(18(13)23(35)33-6-8-38-9-7-33)15-4-5-31-16-11-14(39-22(15)16)12-34-24(36)19-20(25(34)37)26(19,2)3;/h4-5,10-11,19-20H,6-9,12H2,1-3H3;1H. The van der Waals surface area contributed by atoms with Crippen molar-refractivity contribution in [3.8, 4) is 11.3 Å². The van der Waals surface area contributed by atoms with Crippen LogP contribution in [0.4, 0.5) is 13.2 Å². The molecule has 0 aromatic carbocycles. The predicted molar refractivity (Wildman–Crippen MR) is 143 cm³/mol. The number of aryl methyl sites for hydroxylation is 1. The first-order chi connectivity index (χ1) is 18.4. The molecule has 3 aromatic rings. The Morgan fingerprint density at radius 2 is 1.80 bits per heavy atom. The quantitative estimate of drug-likeness (QED) is 0.406. The summed E-state index contributed by atoms with van der Waals surface area (Å²) in [5, 5.41) is 0. The lowest BCUT2D eigenvalue weighted by molar-refractivity contribution is -0.144. The summed E-state index contributed by atoms with van der Waals surface area (Å²) in [6.45, 7) is 6.69. The normalized spacial score (nSPS) is 21.9. The van der Waals surface area contributed by atoms with Gasteiger partial charge in [0.15, 0.2) is 0 Å². The molecule has 2 unspecified atom stereocenters. The van der Waals surface area contributed by atoms with Gasteiger partial charge in [-0.2, -0.15) is 13.2 Å². The molecule has 1 saturated carbocycles. The van der Waals surface area contributed by atoms with Gasteiger partial charge < -0.3 is 9.64 Å². The van der Waals surface area contributed by atoms with Crippen molar-refractivity contribution in [2.24, 2.45) is 17.3 Å². The molecule has 0 N–H and O–H groups in total. The maximum absolute atomic E-state index is 13.8. The van der Waals surface area contributed by atoms with Crippen LogP contribution in [0.2, 0.25) is 0 Å². The van der Waals surface area contributed by atoms with Crippen LogP contribution in [0.15, 0.2) is 24.4 Å². The third-order valence-electron chi connectivity index (χ3n) is 7.94. The summed E-state index contributed by atoms with van der Waals surface area (Å²) in [5.74, 6) is -1.43. The molecule has 3 amide bonds. The van der Waals surface area contributed by atoms with Crippen molar-refractivity contribution >= 4 is 51.7 Å². The van der Waals surface area contributed by atoms with Crippen molar-refractivity contribution in [1.29, 1.82) is 0 Å². The number of amides is 3. The number of ether oxygens (including phenoxy) is 1. The minimum Gasteiger partial charge on any atom is -0.378 e. The third kappa shape index (κ3) is 4.46. The van der Waals surface area contributed by atoms with Crippen LogP contribution in [-0.2, 0) is 27.0 Å². The maximum atomic E-state index is 13.8. The topological polar surface area (TPSA) is 92.7 Å². The number of hydrogen-bond acceptors (Lipinski definition) is 7. The van der Waals surface area contributed by atoms with E-state index in [1.54, 1.807) is 17.0 Å². The fourth-order valence-electron chi connectivity index (χ4n) is 5.77. The van der Waals surface area contributed by atoms with Gasteiger partial charge >= 0.3 is 6.18 Å². The minimum atomic E-state index is -4.71. The molecule has 0 radical (unpaired) electrons. The first kappa shape index (κ1) is 28.4. The van der Waals surface area contributed by atoms with Gasteiger partial charge in [0.05, 0.1) is 53.1 Å². The largest absolute Gasteiger partial charge is 0.433 e. The second-order valence-electron chi connectivity index (χ2n) is 10.8. The van der Waals surface area contributed by atoms with E-state index >= 15 is 0 Å². The molecule has 3 aliphatic rings. The summed E-state index contributed by atoms with van der Waals surface area (Å²) >= 11 is 1.23. The number of pyridine rings is 2. The number of likely N-dealkylation sites (tertiary alicyclic amines) is 1. The Labute approximate surface area is 237 Å². The van der Waals surface area contributed by atoms with Gasteiger partial charge in [-0.25, -0.2) is 4.98 Å². The van der Waals surface area contributed by atoms with Crippen LogP contribution in [0.25, 0.3) is 21.5 Å². The summed E-state index contributed by atoms with van der Waals surface area (Å²) in [6.07, 6.45) is -3.25. The van der Waals surface area contributed by atoms with Gasteiger partial charge in [0.25, 0.3) is 5.91 Å². The van der Waals surface area contributed by atoms with Crippen LogP contribution in [0.5, 0.6) is 0 Å². The number of carbonyl (C=O) groups excluding carboxylic acids is 3. The number of rotatable bonds is 4. The number of carbonyl (C=O) groups is 3. The first-order valence-electron chi connectivity index (χ1n) is 12.6. The molecule has 2 saturated heterocycles. The Morgan fingerprint density at radius 1 is 1.15 bits per heavy atom. The van der Waals surface area contributed by atoms with E-state index < -0.39 is 17.8 Å². The van der Waals surface area contributed by atoms with Crippen LogP contribution in [0, 0.1) is 24.2 Å². The molecule has 1 aliphatic carbocycles. The molecule has 13 heteroatoms. The summed E-state index contributed by atoms with van der Waals surface area (Å²) in [7, 11) is 0. The number of imide groups is 1. The van der Waals surface area contributed by atoms with Gasteiger partial charge in [-0.15, -0.1) is 23.7 Å². The van der Waals surface area contributed by atoms with Crippen LogP contribution < -0.4 is 0 Å². The van der Waals surface area contributed by atoms with E-state index in [9.17, 15) is 27.6 Å². The Kier molecular flexibility index (Phi) is 6.95. The van der Waals surface area contributed by atoms with E-state index in [0.717, 1.165) is 6.07 Å². The monoisotopic (exact) mass is 594 g/mol. The second-order valence-corrected chi connectivity index (χ2v) is 11.9. The number of piperidine rings is 1. The zero-order chi connectivity index (χ0) is 27.9. The molecule has 6 rings (SSSR count). The Morgan fingerprint density at radius 3 is 2.42 bits per heavy atom. The number of hydrogen-bond donors (Lipinski definition) is 0. The van der Waals surface area contributed by atoms with E-state index in [-0.39, 0.29) is 64.8 Å². The number of halogens is 4. The van der Waals surface area contributed by atoms with Gasteiger partial charge in [0.2, 0.25) is 11.8 Å². The Balaban J connectivity index is 0.00000323. The highest BCUT2D eigenvalue weighted by atomic mass is 35.5. The van der Waals surface area contributed by atoms with Crippen LogP contribution in [0.1, 0.15) is 40.3 Å². The van der Waals surface area contributed by atoms with E-state index in [4.69, 9.17) is 4.74 Å². The molecule has 2 aliphatic heterocycles. The van der Waals surface area contributed by atoms with Crippen molar-refractivity contribution in [1.82, 2.24) is 19.8 Å². The molecule has 212 valence electrons. The van der Waals surface area contributed by atoms with Crippen molar-refractivity contribution in [3.05, 3.63) is 46.1 Å². The number of thiophene rings is 1. The summed E-state index contributed by atoms with van der Waals surface area (Å²) in [4.78, 5) is 51.1. The summed E-state index contributed by atoms with van der Waals surface area (Å²) in [6, 6.07) is 4.17. The second kappa shape index (κ2) is 9.78. The lowest BCUT2D eigenvalue weighted by Gasteiger charge is -2.28. The molecule has 3 aromatic heterocycles. The molecule has 2 atom stereocenters. The molecule has 3 fully saturated rings. The average Bonchev–Trinajstić information content (AvgIpc) is 3.13. The van der Waals surface area contributed by atoms with Crippen LogP contribution >= 0.6 is 23.7 Å². The zero-order valence-electron chi connectivity index (χ0n) is 21.9. The number of alkyl halides is 3. The summed E-state index contributed by atoms with van der Waals surface area (Å²) < 4.78 is 47.3. The fourth-order valence-corrected chi connectivity index (χ4v) is 6.89. The fraction of sp³-hybridized carbons (Fsp3) is 0.444. The minimum absolute atomic E-state index is 0. The SMILES string of the molecule is Cc1cc(C(F)(F)F)nc(-c2ccnc3cc(CN4C(=O)C5C(C4=O)C5(C)C)sc23)c1C(=O)N1CCOCC1.Cl. The van der Waals surface area contributed by atoms with Gasteiger partial charge in [-0.05, 0) is 36.1 Å². The highest BCUT2D eigenvalue weighted by Crippen LogP contribution is 2.63. The lowest BCUT2D eigenvalue weighted by Crippen LogP contribution is -2.41. The highest BCUT2D eigenvalue weighted by molar-refractivity contribution is 7.19. The van der Waals surface area contributed by atoms with Gasteiger partial charge in [-0.3, -0.25) is 24.3 Å². The predicted octanol–water partition coefficient (Wildman–Crippen LogP) is 4.72. The van der Waals surface area contributed by atoms with Crippen molar-refractivity contribution < 1.29 is 32.3 Å². The zero-order valence-corrected chi connectivity index (χ0v) is 23.5.